The molecule has 2 heteroatoms. The zero-order chi connectivity index (χ0) is 12.8. The van der Waals surface area contributed by atoms with Crippen molar-refractivity contribution in [3.63, 3.8) is 0 Å². The second kappa shape index (κ2) is 12.7. The Morgan fingerprint density at radius 1 is 1.00 bits per heavy atom. The van der Waals surface area contributed by atoms with E-state index in [0.29, 0.717) is 5.56 Å². The minimum Gasteiger partial charge on any atom is -0.317 e. The molecule has 1 aromatic carbocycles. The van der Waals surface area contributed by atoms with Gasteiger partial charge < -0.3 is 5.32 Å². The first-order valence-electron chi connectivity index (χ1n) is 6.51. The van der Waals surface area contributed by atoms with Crippen LogP contribution in [0.2, 0.25) is 0 Å². The molecular weight excluding hydrogens is 208 g/mol. The van der Waals surface area contributed by atoms with Crippen LogP contribution in [0.15, 0.2) is 30.3 Å². The van der Waals surface area contributed by atoms with E-state index in [0.717, 1.165) is 0 Å². The van der Waals surface area contributed by atoms with Gasteiger partial charge in [0.2, 0.25) is 0 Å². The lowest BCUT2D eigenvalue weighted by molar-refractivity contribution is 0.611. The summed E-state index contributed by atoms with van der Waals surface area (Å²) in [5.41, 5.74) is 0.715. The van der Waals surface area contributed by atoms with Crippen LogP contribution in [0.1, 0.15) is 45.1 Å². The number of hydrogen-bond donors (Lipinski definition) is 1. The van der Waals surface area contributed by atoms with Crippen molar-refractivity contribution in [1.82, 2.24) is 5.32 Å². The fourth-order valence-corrected chi connectivity index (χ4v) is 1.24. The number of nitrogens with zero attached hydrogens (tertiary/aromatic N) is 1. The molecule has 2 nitrogen and oxygen atoms in total. The van der Waals surface area contributed by atoms with Gasteiger partial charge in [-0.25, -0.2) is 0 Å². The first kappa shape index (κ1) is 15.7. The molecule has 1 rings (SSSR count). The van der Waals surface area contributed by atoms with Crippen LogP contribution in [0.5, 0.6) is 0 Å². The molecule has 1 aromatic rings. The van der Waals surface area contributed by atoms with Crippen LogP contribution >= 0.6 is 0 Å². The van der Waals surface area contributed by atoms with Gasteiger partial charge in [0.15, 0.2) is 0 Å². The fourth-order valence-electron chi connectivity index (χ4n) is 1.24. The highest BCUT2D eigenvalue weighted by molar-refractivity contribution is 5.27. The van der Waals surface area contributed by atoms with E-state index in [9.17, 15) is 0 Å². The van der Waals surface area contributed by atoms with E-state index >= 15 is 0 Å². The van der Waals surface area contributed by atoms with E-state index in [1.54, 1.807) is 12.1 Å². The normalized spacial score (nSPS) is 9.00. The molecule has 0 aliphatic rings. The Kier molecular flexibility index (Phi) is 11.7. The van der Waals surface area contributed by atoms with Gasteiger partial charge in [-0.1, -0.05) is 44.9 Å². The van der Waals surface area contributed by atoms with Gasteiger partial charge >= 0.3 is 0 Å². The Balaban J connectivity index is 0.000000302. The minimum absolute atomic E-state index is 0.715. The lowest BCUT2D eigenvalue weighted by Crippen LogP contribution is -2.15. The molecule has 0 radical (unpaired) electrons. The maximum atomic E-state index is 8.29. The molecule has 0 aliphatic heterocycles. The third kappa shape index (κ3) is 10.9. The van der Waals surface area contributed by atoms with Gasteiger partial charge in [-0.05, 0) is 38.1 Å². The molecule has 0 bridgehead atoms. The molecule has 0 aliphatic carbocycles. The van der Waals surface area contributed by atoms with Crippen molar-refractivity contribution in [2.45, 2.75) is 39.5 Å². The van der Waals surface area contributed by atoms with Crippen molar-refractivity contribution in [3.8, 4) is 6.07 Å². The summed E-state index contributed by atoms with van der Waals surface area (Å²) in [6.07, 6.45) is 5.26. The van der Waals surface area contributed by atoms with Gasteiger partial charge in [-0.2, -0.15) is 5.26 Å². The predicted octanol–water partition coefficient (Wildman–Crippen LogP) is 3.73. The lowest BCUT2D eigenvalue weighted by Gasteiger charge is -1.99. The van der Waals surface area contributed by atoms with E-state index in [4.69, 9.17) is 5.26 Å². The molecule has 0 heterocycles. The van der Waals surface area contributed by atoms with Crippen LogP contribution in [0.3, 0.4) is 0 Å². The quantitative estimate of drug-likeness (QED) is 0.758. The number of rotatable bonds is 6. The number of hydrogen-bond acceptors (Lipinski definition) is 2. The van der Waals surface area contributed by atoms with Gasteiger partial charge in [-0.3, -0.25) is 0 Å². The average molecular weight is 232 g/mol. The molecule has 0 amide bonds. The Labute approximate surface area is 106 Å². The van der Waals surface area contributed by atoms with Crippen molar-refractivity contribution in [1.29, 1.82) is 5.26 Å². The minimum atomic E-state index is 0.715. The lowest BCUT2D eigenvalue weighted by atomic mass is 10.2. The van der Waals surface area contributed by atoms with Crippen molar-refractivity contribution < 1.29 is 0 Å². The summed E-state index contributed by atoms with van der Waals surface area (Å²) in [5.74, 6) is 0. The zero-order valence-electron chi connectivity index (χ0n) is 11.1. The fraction of sp³-hybridized carbons (Fsp3) is 0.533. The van der Waals surface area contributed by atoms with Gasteiger partial charge in [0.25, 0.3) is 0 Å². The SMILES string of the molecule is CCCCNCCCC.N#Cc1ccccc1. The number of nitriles is 1. The second-order valence-corrected chi connectivity index (χ2v) is 3.93. The summed E-state index contributed by atoms with van der Waals surface area (Å²) in [4.78, 5) is 0. The Morgan fingerprint density at radius 2 is 1.53 bits per heavy atom. The van der Waals surface area contributed by atoms with E-state index < -0.39 is 0 Å². The zero-order valence-corrected chi connectivity index (χ0v) is 11.1. The van der Waals surface area contributed by atoms with Crippen molar-refractivity contribution >= 4 is 0 Å². The monoisotopic (exact) mass is 232 g/mol. The molecule has 0 atom stereocenters. The van der Waals surface area contributed by atoms with E-state index in [-0.39, 0.29) is 0 Å². The Bertz CT molecular complexity index is 282. The van der Waals surface area contributed by atoms with Crippen molar-refractivity contribution in [2.75, 3.05) is 13.1 Å². The molecule has 0 spiro atoms. The highest BCUT2D eigenvalue weighted by atomic mass is 14.8. The van der Waals surface area contributed by atoms with Crippen LogP contribution < -0.4 is 5.32 Å². The highest BCUT2D eigenvalue weighted by Crippen LogP contribution is 1.93. The Morgan fingerprint density at radius 3 is 1.88 bits per heavy atom. The van der Waals surface area contributed by atoms with Crippen LogP contribution in [0.4, 0.5) is 0 Å². The predicted molar refractivity (Wildman–Crippen MR) is 73.8 cm³/mol. The topological polar surface area (TPSA) is 35.8 Å². The smallest absolute Gasteiger partial charge is 0.0991 e. The van der Waals surface area contributed by atoms with E-state index in [2.05, 4.69) is 19.2 Å². The third-order valence-electron chi connectivity index (χ3n) is 2.32. The maximum Gasteiger partial charge on any atom is 0.0991 e. The van der Waals surface area contributed by atoms with E-state index in [1.807, 2.05) is 24.3 Å². The van der Waals surface area contributed by atoms with Gasteiger partial charge in [0.1, 0.15) is 0 Å². The largest absolute Gasteiger partial charge is 0.317 e. The van der Waals surface area contributed by atoms with Crippen LogP contribution in [0, 0.1) is 11.3 Å². The maximum absolute atomic E-state index is 8.29. The summed E-state index contributed by atoms with van der Waals surface area (Å²) < 4.78 is 0. The molecule has 94 valence electrons. The second-order valence-electron chi connectivity index (χ2n) is 3.93. The summed E-state index contributed by atoms with van der Waals surface area (Å²) in [6.45, 7) is 6.86. The number of nitrogens with one attached hydrogen (secondary N) is 1. The molecular formula is C15H24N2. The number of unbranched alkanes of at least 4 members (excludes halogenated alkanes) is 2. The molecule has 1 N–H and O–H groups in total. The van der Waals surface area contributed by atoms with Crippen LogP contribution in [0.25, 0.3) is 0 Å². The summed E-state index contributed by atoms with van der Waals surface area (Å²) in [6, 6.07) is 11.2. The van der Waals surface area contributed by atoms with Crippen molar-refractivity contribution in [2.24, 2.45) is 0 Å². The summed E-state index contributed by atoms with van der Waals surface area (Å²) >= 11 is 0. The van der Waals surface area contributed by atoms with Crippen LogP contribution in [-0.4, -0.2) is 13.1 Å². The molecule has 0 fully saturated rings. The van der Waals surface area contributed by atoms with Gasteiger partial charge in [0, 0.05) is 0 Å². The average Bonchev–Trinajstić information content (AvgIpc) is 2.40. The first-order chi connectivity index (χ1) is 8.35. The summed E-state index contributed by atoms with van der Waals surface area (Å²) in [7, 11) is 0. The highest BCUT2D eigenvalue weighted by Gasteiger charge is 1.83. The molecule has 0 unspecified atom stereocenters. The molecule has 17 heavy (non-hydrogen) atoms. The number of benzene rings is 1. The molecule has 0 saturated carbocycles. The first-order valence-corrected chi connectivity index (χ1v) is 6.51. The summed E-state index contributed by atoms with van der Waals surface area (Å²) in [5, 5.41) is 11.7. The molecule has 0 aromatic heterocycles. The van der Waals surface area contributed by atoms with E-state index in [1.165, 1.54) is 38.8 Å². The molecule has 0 saturated heterocycles. The van der Waals surface area contributed by atoms with Crippen molar-refractivity contribution in [3.05, 3.63) is 35.9 Å². The standard InChI is InChI=1S/C8H19N.C7H5N/c1-3-5-7-9-8-6-4-2;8-6-7-4-2-1-3-5-7/h9H,3-8H2,1-2H3;1-5H. The van der Waals surface area contributed by atoms with Gasteiger partial charge in [-0.15, -0.1) is 0 Å². The Hall–Kier alpha value is -1.33. The van der Waals surface area contributed by atoms with Gasteiger partial charge in [0.05, 0.1) is 11.6 Å². The third-order valence-corrected chi connectivity index (χ3v) is 2.32. The van der Waals surface area contributed by atoms with Crippen LogP contribution in [-0.2, 0) is 0 Å².